The first-order valence-corrected chi connectivity index (χ1v) is 9.10. The van der Waals surface area contributed by atoms with E-state index in [2.05, 4.69) is 22.4 Å². The van der Waals surface area contributed by atoms with Crippen molar-refractivity contribution in [3.8, 4) is 20.0 Å². The molecule has 0 saturated carbocycles. The summed E-state index contributed by atoms with van der Waals surface area (Å²) in [5, 5.41) is 23.4. The minimum atomic E-state index is 0. The molecule has 0 bridgehead atoms. The second-order valence-corrected chi connectivity index (χ2v) is 7.56. The molecular weight excluding hydrogens is 454 g/mol. The number of hydrogen-bond donors (Lipinski definition) is 4. The van der Waals surface area contributed by atoms with Crippen LogP contribution in [-0.2, 0) is 0 Å². The molecule has 0 aliphatic carbocycles. The van der Waals surface area contributed by atoms with Crippen LogP contribution in [0.3, 0.4) is 0 Å². The van der Waals surface area contributed by atoms with E-state index in [0.29, 0.717) is 11.1 Å². The Morgan fingerprint density at radius 2 is 0.963 bits per heavy atom. The van der Waals surface area contributed by atoms with Gasteiger partial charge in [-0.1, -0.05) is 0 Å². The van der Waals surface area contributed by atoms with Crippen LogP contribution in [0.4, 0.5) is 0 Å². The van der Waals surface area contributed by atoms with Crippen LogP contribution in [0.1, 0.15) is 11.1 Å². The van der Waals surface area contributed by atoms with Crippen LogP contribution in [0.2, 0.25) is 0 Å². The van der Waals surface area contributed by atoms with Crippen LogP contribution in [0, 0.1) is 0 Å². The molecule has 9 heteroatoms. The molecular formula is C18H18Cl2N4O2Se. The molecule has 3 rings (SSSR count). The summed E-state index contributed by atoms with van der Waals surface area (Å²) >= 11 is 0.177. The molecule has 3 aromatic rings. The van der Waals surface area contributed by atoms with Gasteiger partial charge in [-0.05, 0) is 0 Å². The van der Waals surface area contributed by atoms with Crippen LogP contribution in [-0.4, -0.2) is 36.6 Å². The van der Waals surface area contributed by atoms with Crippen LogP contribution in [0.25, 0.3) is 20.0 Å². The van der Waals surface area contributed by atoms with Gasteiger partial charge in [-0.15, -0.1) is 24.8 Å². The van der Waals surface area contributed by atoms with Crippen LogP contribution in [0.5, 0.6) is 0 Å². The van der Waals surface area contributed by atoms with Gasteiger partial charge in [-0.3, -0.25) is 0 Å². The van der Waals surface area contributed by atoms with E-state index in [1.54, 1.807) is 0 Å². The third-order valence-corrected chi connectivity index (χ3v) is 6.23. The summed E-state index contributed by atoms with van der Waals surface area (Å²) in [6, 6.07) is 19.5. The Morgan fingerprint density at radius 1 is 0.630 bits per heavy atom. The van der Waals surface area contributed by atoms with Gasteiger partial charge in [0, 0.05) is 0 Å². The van der Waals surface area contributed by atoms with Crippen molar-refractivity contribution in [2.75, 3.05) is 0 Å². The molecule has 0 amide bonds. The predicted molar refractivity (Wildman–Crippen MR) is 114 cm³/mol. The van der Waals surface area contributed by atoms with E-state index in [-0.39, 0.29) is 51.0 Å². The van der Waals surface area contributed by atoms with Crippen molar-refractivity contribution in [2.45, 2.75) is 0 Å². The van der Waals surface area contributed by atoms with Gasteiger partial charge in [0.25, 0.3) is 0 Å². The standard InChI is InChI=1S/C18H16N4O2Se.2ClH/c19-17(21-23)13-5-1-11(2-6-13)15-9-10-16(25-15)12-3-7-14(8-4-12)18(20)22-24;;/h1-10,23-24H,(H2,19,21)(H2,20,22);2*1H. The van der Waals surface area contributed by atoms with E-state index in [0.717, 1.165) is 11.1 Å². The fourth-order valence-corrected chi connectivity index (χ4v) is 4.51. The van der Waals surface area contributed by atoms with Gasteiger partial charge in [0.1, 0.15) is 0 Å². The molecule has 0 aliphatic heterocycles. The topological polar surface area (TPSA) is 117 Å². The van der Waals surface area contributed by atoms with E-state index in [1.807, 2.05) is 48.5 Å². The summed E-state index contributed by atoms with van der Waals surface area (Å²) in [4.78, 5) is 0. The molecule has 0 unspecified atom stereocenters. The van der Waals surface area contributed by atoms with E-state index < -0.39 is 0 Å². The Bertz CT molecular complexity index is 863. The molecule has 1 aromatic heterocycles. The Hall–Kier alpha value is -2.44. The predicted octanol–water partition coefficient (Wildman–Crippen LogP) is 3.11. The monoisotopic (exact) mass is 472 g/mol. The number of oxime groups is 2. The summed E-state index contributed by atoms with van der Waals surface area (Å²) in [6.45, 7) is 0. The van der Waals surface area contributed by atoms with Gasteiger partial charge in [0.2, 0.25) is 0 Å². The van der Waals surface area contributed by atoms with Crippen LogP contribution in [0.15, 0.2) is 71.0 Å². The van der Waals surface area contributed by atoms with Gasteiger partial charge < -0.3 is 0 Å². The molecule has 0 atom stereocenters. The Labute approximate surface area is 174 Å². The molecule has 0 radical (unpaired) electrons. The first-order chi connectivity index (χ1) is 12.1. The molecule has 1 heterocycles. The summed E-state index contributed by atoms with van der Waals surface area (Å²) in [5.74, 6) is 0.198. The first-order valence-electron chi connectivity index (χ1n) is 7.39. The SMILES string of the molecule is Cl.Cl.N/C(=N\O)c1ccc(-c2ccc(-c3ccc(/C(N)=N/O)cc3)[se]2)cc1. The Morgan fingerprint density at radius 3 is 1.26 bits per heavy atom. The van der Waals surface area contributed by atoms with Crippen molar-refractivity contribution < 1.29 is 10.4 Å². The third-order valence-electron chi connectivity index (χ3n) is 3.75. The number of hydrogen-bond acceptors (Lipinski definition) is 4. The van der Waals surface area contributed by atoms with E-state index in [9.17, 15) is 0 Å². The second kappa shape index (κ2) is 10.0. The van der Waals surface area contributed by atoms with Crippen molar-refractivity contribution >= 4 is 51.0 Å². The Balaban J connectivity index is 0.00000182. The van der Waals surface area contributed by atoms with E-state index in [1.165, 1.54) is 8.87 Å². The van der Waals surface area contributed by atoms with Gasteiger partial charge in [-0.2, -0.15) is 0 Å². The van der Waals surface area contributed by atoms with Crippen molar-refractivity contribution in [1.29, 1.82) is 0 Å². The van der Waals surface area contributed by atoms with Crippen LogP contribution < -0.4 is 11.5 Å². The molecule has 6 N–H and O–H groups in total. The van der Waals surface area contributed by atoms with Crippen LogP contribution >= 0.6 is 24.8 Å². The summed E-state index contributed by atoms with van der Waals surface area (Å²) in [5.41, 5.74) is 14.8. The number of nitrogens with two attached hydrogens (primary N) is 2. The van der Waals surface area contributed by atoms with E-state index in [4.69, 9.17) is 21.9 Å². The van der Waals surface area contributed by atoms with Gasteiger partial charge in [0.15, 0.2) is 0 Å². The molecule has 142 valence electrons. The average Bonchev–Trinajstić information content (AvgIpc) is 3.17. The number of nitrogens with zero attached hydrogens (tertiary/aromatic N) is 2. The maximum absolute atomic E-state index is 8.72. The summed E-state index contributed by atoms with van der Waals surface area (Å²) in [7, 11) is 0. The molecule has 2 aromatic carbocycles. The molecule has 0 aliphatic rings. The third kappa shape index (κ3) is 5.05. The minimum absolute atomic E-state index is 0. The quantitative estimate of drug-likeness (QED) is 0.154. The molecule has 6 nitrogen and oxygen atoms in total. The number of benzene rings is 2. The summed E-state index contributed by atoms with van der Waals surface area (Å²) in [6.07, 6.45) is 0. The zero-order chi connectivity index (χ0) is 17.8. The van der Waals surface area contributed by atoms with Crippen molar-refractivity contribution in [1.82, 2.24) is 0 Å². The molecule has 0 fully saturated rings. The number of rotatable bonds is 4. The van der Waals surface area contributed by atoms with Crippen molar-refractivity contribution in [3.63, 3.8) is 0 Å². The maximum atomic E-state index is 8.72. The fraction of sp³-hybridized carbons (Fsp3) is 0. The average molecular weight is 472 g/mol. The van der Waals surface area contributed by atoms with Crippen molar-refractivity contribution in [2.24, 2.45) is 21.8 Å². The fourth-order valence-electron chi connectivity index (χ4n) is 2.37. The molecule has 0 spiro atoms. The summed E-state index contributed by atoms with van der Waals surface area (Å²) < 4.78 is 2.52. The molecule has 27 heavy (non-hydrogen) atoms. The van der Waals surface area contributed by atoms with Gasteiger partial charge in [0.05, 0.1) is 0 Å². The Kier molecular flexibility index (Phi) is 8.40. The van der Waals surface area contributed by atoms with Gasteiger partial charge >= 0.3 is 150 Å². The molecule has 0 saturated heterocycles. The first kappa shape index (κ1) is 22.6. The normalized spacial score (nSPS) is 11.4. The number of amidine groups is 2. The second-order valence-electron chi connectivity index (χ2n) is 5.29. The van der Waals surface area contributed by atoms with Crippen molar-refractivity contribution in [3.05, 3.63) is 71.8 Å². The van der Waals surface area contributed by atoms with Gasteiger partial charge in [-0.25, -0.2) is 0 Å². The number of halogens is 2. The zero-order valence-electron chi connectivity index (χ0n) is 13.9. The zero-order valence-corrected chi connectivity index (χ0v) is 17.3. The van der Waals surface area contributed by atoms with E-state index >= 15 is 0 Å².